The normalized spacial score (nSPS) is 14.6. The third-order valence-corrected chi connectivity index (χ3v) is 7.63. The number of carbonyl (C=O) groups excluding carboxylic acids is 2. The van der Waals surface area contributed by atoms with Gasteiger partial charge in [-0.15, -0.1) is 0 Å². The second-order valence-electron chi connectivity index (χ2n) is 7.53. The maximum absolute atomic E-state index is 14.2. The van der Waals surface area contributed by atoms with E-state index in [9.17, 15) is 14.0 Å². The quantitative estimate of drug-likeness (QED) is 0.245. The fourth-order valence-corrected chi connectivity index (χ4v) is 5.48. The van der Waals surface area contributed by atoms with Crippen LogP contribution in [-0.2, 0) is 17.9 Å². The van der Waals surface area contributed by atoms with Gasteiger partial charge in [-0.2, -0.15) is 0 Å². The highest BCUT2D eigenvalue weighted by Gasteiger charge is 2.36. The van der Waals surface area contributed by atoms with Crippen molar-refractivity contribution >= 4 is 79.7 Å². The van der Waals surface area contributed by atoms with Crippen LogP contribution in [0.3, 0.4) is 0 Å². The number of methoxy groups -OCH3 is 1. The van der Waals surface area contributed by atoms with E-state index in [1.165, 1.54) is 25.3 Å². The van der Waals surface area contributed by atoms with Gasteiger partial charge in [0.15, 0.2) is 11.5 Å². The summed E-state index contributed by atoms with van der Waals surface area (Å²) in [6.45, 7) is -0.0949. The molecule has 36 heavy (non-hydrogen) atoms. The molecule has 1 fully saturated rings. The van der Waals surface area contributed by atoms with E-state index >= 15 is 0 Å². The summed E-state index contributed by atoms with van der Waals surface area (Å²) < 4.78 is 26.2. The molecule has 0 unspecified atom stereocenters. The van der Waals surface area contributed by atoms with Crippen molar-refractivity contribution in [3.63, 3.8) is 0 Å². The van der Waals surface area contributed by atoms with E-state index in [1.54, 1.807) is 36.4 Å². The van der Waals surface area contributed by atoms with Gasteiger partial charge >= 0.3 is 0 Å². The number of ether oxygens (including phenoxy) is 2. The van der Waals surface area contributed by atoms with Crippen molar-refractivity contribution in [1.29, 1.82) is 0 Å². The number of halogens is 5. The average molecular weight is 632 g/mol. The third kappa shape index (κ3) is 5.84. The molecule has 0 N–H and O–H groups in total. The SMILES string of the molecule is COc1cc(/C=C2\SC(=O)N(Cc3c(F)cccc3Cl)C2=O)cc(Br)c1OCc1ccc(Cl)cc1Cl. The molecule has 3 aromatic carbocycles. The molecule has 0 bridgehead atoms. The van der Waals surface area contributed by atoms with Crippen LogP contribution in [0.25, 0.3) is 6.08 Å². The minimum Gasteiger partial charge on any atom is -0.493 e. The maximum Gasteiger partial charge on any atom is 0.293 e. The van der Waals surface area contributed by atoms with Gasteiger partial charge < -0.3 is 9.47 Å². The highest BCUT2D eigenvalue weighted by atomic mass is 79.9. The van der Waals surface area contributed by atoms with Gasteiger partial charge in [0.1, 0.15) is 12.4 Å². The molecule has 1 heterocycles. The second-order valence-corrected chi connectivity index (χ2v) is 10.6. The van der Waals surface area contributed by atoms with Crippen molar-refractivity contribution < 1.29 is 23.5 Å². The number of imide groups is 1. The molecule has 0 spiro atoms. The molecular formula is C25H16BrCl3FNO4S. The van der Waals surface area contributed by atoms with Crippen molar-refractivity contribution in [2.24, 2.45) is 0 Å². The summed E-state index contributed by atoms with van der Waals surface area (Å²) in [5.74, 6) is -0.298. The lowest BCUT2D eigenvalue weighted by Crippen LogP contribution is -2.28. The van der Waals surface area contributed by atoms with Gasteiger partial charge in [0.2, 0.25) is 0 Å². The Balaban J connectivity index is 1.55. The molecule has 3 aromatic rings. The lowest BCUT2D eigenvalue weighted by Gasteiger charge is -2.15. The van der Waals surface area contributed by atoms with E-state index in [4.69, 9.17) is 44.3 Å². The maximum atomic E-state index is 14.2. The standard InChI is InChI=1S/C25H16BrCl3FNO4S/c1-34-21-8-13(7-17(26)23(21)35-12-14-5-6-15(27)10-19(14)29)9-22-24(32)31(25(33)36-22)11-16-18(28)3-2-4-20(16)30/h2-10H,11-12H2,1H3/b22-9-. The Morgan fingerprint density at radius 1 is 1.08 bits per heavy atom. The lowest BCUT2D eigenvalue weighted by atomic mass is 10.1. The minimum absolute atomic E-state index is 0.0782. The molecule has 1 saturated heterocycles. The molecule has 0 saturated carbocycles. The second kappa shape index (κ2) is 11.4. The molecule has 0 radical (unpaired) electrons. The number of benzene rings is 3. The summed E-state index contributed by atoms with van der Waals surface area (Å²) >= 11 is 22.5. The van der Waals surface area contributed by atoms with Crippen LogP contribution in [0.4, 0.5) is 9.18 Å². The van der Waals surface area contributed by atoms with Crippen LogP contribution in [0.5, 0.6) is 11.5 Å². The van der Waals surface area contributed by atoms with E-state index in [1.807, 2.05) is 0 Å². The molecule has 1 aliphatic rings. The van der Waals surface area contributed by atoms with Gasteiger partial charge in [0, 0.05) is 26.2 Å². The average Bonchev–Trinajstić information content (AvgIpc) is 3.08. The first-order valence-corrected chi connectivity index (χ1v) is 13.0. The van der Waals surface area contributed by atoms with Crippen molar-refractivity contribution in [1.82, 2.24) is 4.90 Å². The first kappa shape index (κ1) is 26.8. The molecule has 186 valence electrons. The highest BCUT2D eigenvalue weighted by Crippen LogP contribution is 2.40. The van der Waals surface area contributed by atoms with E-state index in [0.717, 1.165) is 22.2 Å². The highest BCUT2D eigenvalue weighted by molar-refractivity contribution is 9.10. The molecule has 0 aromatic heterocycles. The number of carbonyl (C=O) groups is 2. The monoisotopic (exact) mass is 629 g/mol. The van der Waals surface area contributed by atoms with Crippen LogP contribution < -0.4 is 9.47 Å². The van der Waals surface area contributed by atoms with Gasteiger partial charge in [0.05, 0.1) is 23.0 Å². The summed E-state index contributed by atoms with van der Waals surface area (Å²) in [7, 11) is 1.49. The van der Waals surface area contributed by atoms with E-state index in [2.05, 4.69) is 15.9 Å². The number of thioether (sulfide) groups is 1. The van der Waals surface area contributed by atoms with E-state index < -0.39 is 17.0 Å². The molecule has 4 rings (SSSR count). The third-order valence-electron chi connectivity index (χ3n) is 5.19. The van der Waals surface area contributed by atoms with Crippen molar-refractivity contribution in [3.05, 3.63) is 95.5 Å². The van der Waals surface area contributed by atoms with Crippen LogP contribution in [0.2, 0.25) is 15.1 Å². The summed E-state index contributed by atoms with van der Waals surface area (Å²) in [4.78, 5) is 26.6. The smallest absolute Gasteiger partial charge is 0.293 e. The van der Waals surface area contributed by atoms with Gasteiger partial charge in [-0.05, 0) is 75.7 Å². The zero-order valence-corrected chi connectivity index (χ0v) is 23.2. The molecule has 5 nitrogen and oxygen atoms in total. The Morgan fingerprint density at radius 3 is 2.56 bits per heavy atom. The topological polar surface area (TPSA) is 55.8 Å². The fourth-order valence-electron chi connectivity index (χ4n) is 3.38. The Bertz CT molecular complexity index is 1380. The van der Waals surface area contributed by atoms with Gasteiger partial charge in [0.25, 0.3) is 11.1 Å². The molecule has 0 atom stereocenters. The molecule has 2 amide bonds. The van der Waals surface area contributed by atoms with Gasteiger partial charge in [-0.1, -0.05) is 46.9 Å². The molecule has 1 aliphatic heterocycles. The van der Waals surface area contributed by atoms with Crippen LogP contribution >= 0.6 is 62.5 Å². The zero-order valence-electron chi connectivity index (χ0n) is 18.5. The fraction of sp³-hybridized carbons (Fsp3) is 0.120. The van der Waals surface area contributed by atoms with Crippen molar-refractivity contribution in [2.45, 2.75) is 13.2 Å². The van der Waals surface area contributed by atoms with Gasteiger partial charge in [-0.25, -0.2) is 4.39 Å². The summed E-state index contributed by atoms with van der Waals surface area (Å²) in [5.41, 5.74) is 1.40. The van der Waals surface area contributed by atoms with Crippen molar-refractivity contribution in [3.8, 4) is 11.5 Å². The van der Waals surface area contributed by atoms with Gasteiger partial charge in [-0.3, -0.25) is 14.5 Å². The predicted molar refractivity (Wildman–Crippen MR) is 144 cm³/mol. The lowest BCUT2D eigenvalue weighted by molar-refractivity contribution is -0.123. The Kier molecular flexibility index (Phi) is 8.52. The Morgan fingerprint density at radius 2 is 1.86 bits per heavy atom. The first-order chi connectivity index (χ1) is 17.2. The molecular weight excluding hydrogens is 616 g/mol. The number of amides is 2. The Labute approximate surface area is 234 Å². The summed E-state index contributed by atoms with van der Waals surface area (Å²) in [6, 6.07) is 12.7. The number of hydrogen-bond donors (Lipinski definition) is 0. The minimum atomic E-state index is -0.588. The van der Waals surface area contributed by atoms with Crippen LogP contribution in [-0.4, -0.2) is 23.2 Å². The zero-order chi connectivity index (χ0) is 26.0. The largest absolute Gasteiger partial charge is 0.493 e. The molecule has 0 aliphatic carbocycles. The number of hydrogen-bond acceptors (Lipinski definition) is 5. The van der Waals surface area contributed by atoms with Crippen LogP contribution in [0, 0.1) is 5.82 Å². The first-order valence-electron chi connectivity index (χ1n) is 10.3. The Hall–Kier alpha value is -2.23. The predicted octanol–water partition coefficient (Wildman–Crippen LogP) is 8.37. The summed E-state index contributed by atoms with van der Waals surface area (Å²) in [6.07, 6.45) is 1.56. The number of nitrogens with zero attached hydrogens (tertiary/aromatic N) is 1. The van der Waals surface area contributed by atoms with E-state index in [0.29, 0.717) is 31.6 Å². The molecule has 11 heteroatoms. The van der Waals surface area contributed by atoms with E-state index in [-0.39, 0.29) is 28.6 Å². The van der Waals surface area contributed by atoms with Crippen LogP contribution in [0.15, 0.2) is 57.9 Å². The number of rotatable bonds is 7. The summed E-state index contributed by atoms with van der Waals surface area (Å²) in [5, 5.41) is 0.619. The van der Waals surface area contributed by atoms with Crippen molar-refractivity contribution in [2.75, 3.05) is 7.11 Å². The van der Waals surface area contributed by atoms with Crippen LogP contribution in [0.1, 0.15) is 16.7 Å².